The average molecular weight is 339 g/mol. The second-order valence-corrected chi connectivity index (χ2v) is 5.38. The molecule has 0 aliphatic rings. The minimum Gasteiger partial charge on any atom is -0.497 e. The fraction of sp³-hybridized carbons (Fsp3) is 0.0870. The minimum atomic E-state index is 0.659. The SMILES string of the molecule is COc1cc(C#Cc2cccc(C#Cc3ccccc3)n2)cc(OC)c1. The lowest BCUT2D eigenvalue weighted by Crippen LogP contribution is -1.89. The Kier molecular flexibility index (Phi) is 5.55. The van der Waals surface area contributed by atoms with Crippen LogP contribution in [0.1, 0.15) is 22.5 Å². The van der Waals surface area contributed by atoms with Crippen LogP contribution >= 0.6 is 0 Å². The van der Waals surface area contributed by atoms with Gasteiger partial charge in [-0.1, -0.05) is 36.1 Å². The Balaban J connectivity index is 1.84. The first-order valence-corrected chi connectivity index (χ1v) is 8.06. The maximum Gasteiger partial charge on any atom is 0.123 e. The molecule has 3 heteroatoms. The molecule has 0 saturated carbocycles. The molecule has 0 aliphatic heterocycles. The molecule has 1 heterocycles. The van der Waals surface area contributed by atoms with E-state index in [1.807, 2.05) is 66.7 Å². The van der Waals surface area contributed by atoms with Crippen molar-refractivity contribution < 1.29 is 9.47 Å². The third-order valence-corrected chi connectivity index (χ3v) is 3.54. The molecule has 0 spiro atoms. The summed E-state index contributed by atoms with van der Waals surface area (Å²) in [6.07, 6.45) is 0. The Morgan fingerprint density at radius 3 is 1.77 bits per heavy atom. The first-order valence-electron chi connectivity index (χ1n) is 8.06. The predicted octanol–water partition coefficient (Wildman–Crippen LogP) is 3.90. The highest BCUT2D eigenvalue weighted by molar-refractivity contribution is 5.49. The summed E-state index contributed by atoms with van der Waals surface area (Å²) in [7, 11) is 3.23. The molecule has 0 N–H and O–H groups in total. The summed E-state index contributed by atoms with van der Waals surface area (Å²) in [6, 6.07) is 21.0. The van der Waals surface area contributed by atoms with E-state index in [9.17, 15) is 0 Å². The summed E-state index contributed by atoms with van der Waals surface area (Å²) in [5, 5.41) is 0. The van der Waals surface area contributed by atoms with Crippen molar-refractivity contribution in [3.8, 4) is 35.2 Å². The predicted molar refractivity (Wildman–Crippen MR) is 102 cm³/mol. The smallest absolute Gasteiger partial charge is 0.123 e. The van der Waals surface area contributed by atoms with Crippen LogP contribution in [0.3, 0.4) is 0 Å². The molecule has 26 heavy (non-hydrogen) atoms. The largest absolute Gasteiger partial charge is 0.497 e. The number of hydrogen-bond acceptors (Lipinski definition) is 3. The highest BCUT2D eigenvalue weighted by Crippen LogP contribution is 2.21. The van der Waals surface area contributed by atoms with E-state index >= 15 is 0 Å². The number of methoxy groups -OCH3 is 2. The van der Waals surface area contributed by atoms with E-state index in [4.69, 9.17) is 9.47 Å². The molecule has 2 aromatic carbocycles. The van der Waals surface area contributed by atoms with Gasteiger partial charge in [0.1, 0.15) is 22.9 Å². The normalized spacial score (nSPS) is 9.31. The van der Waals surface area contributed by atoms with E-state index in [0.717, 1.165) is 11.1 Å². The first-order chi connectivity index (χ1) is 12.8. The molecular weight excluding hydrogens is 322 g/mol. The van der Waals surface area contributed by atoms with Crippen LogP contribution in [0, 0.1) is 23.7 Å². The lowest BCUT2D eigenvalue weighted by molar-refractivity contribution is 0.394. The number of nitrogens with zero attached hydrogens (tertiary/aromatic N) is 1. The molecule has 0 amide bonds. The van der Waals surface area contributed by atoms with Crippen molar-refractivity contribution >= 4 is 0 Å². The van der Waals surface area contributed by atoms with Crippen LogP contribution in [0.15, 0.2) is 66.7 Å². The van der Waals surface area contributed by atoms with Gasteiger partial charge in [-0.2, -0.15) is 0 Å². The van der Waals surface area contributed by atoms with E-state index in [1.54, 1.807) is 14.2 Å². The van der Waals surface area contributed by atoms with Crippen molar-refractivity contribution in [2.75, 3.05) is 14.2 Å². The summed E-state index contributed by atoms with van der Waals surface area (Å²) >= 11 is 0. The quantitative estimate of drug-likeness (QED) is 0.664. The van der Waals surface area contributed by atoms with E-state index in [2.05, 4.69) is 28.7 Å². The molecular formula is C23H17NO2. The van der Waals surface area contributed by atoms with Gasteiger partial charge in [0.25, 0.3) is 0 Å². The molecule has 0 bridgehead atoms. The van der Waals surface area contributed by atoms with Crippen LogP contribution in [0.25, 0.3) is 0 Å². The van der Waals surface area contributed by atoms with E-state index in [-0.39, 0.29) is 0 Å². The van der Waals surface area contributed by atoms with Crippen LogP contribution in [0.2, 0.25) is 0 Å². The van der Waals surface area contributed by atoms with Crippen molar-refractivity contribution in [1.82, 2.24) is 4.98 Å². The van der Waals surface area contributed by atoms with Gasteiger partial charge in [0, 0.05) is 17.2 Å². The standard InChI is InChI=1S/C23H17NO2/c1-25-22-15-19(16-23(17-22)26-2)12-14-21-10-6-9-20(24-21)13-11-18-7-4-3-5-8-18/h3-10,15-17H,1-2H3. The molecule has 3 aromatic rings. The minimum absolute atomic E-state index is 0.659. The number of aromatic nitrogens is 1. The highest BCUT2D eigenvalue weighted by Gasteiger charge is 1.99. The third-order valence-electron chi connectivity index (χ3n) is 3.54. The summed E-state index contributed by atoms with van der Waals surface area (Å²) < 4.78 is 10.5. The van der Waals surface area contributed by atoms with Crippen LogP contribution in [0.5, 0.6) is 11.5 Å². The molecule has 3 rings (SSSR count). The monoisotopic (exact) mass is 339 g/mol. The molecule has 0 atom stereocenters. The van der Waals surface area contributed by atoms with E-state index < -0.39 is 0 Å². The van der Waals surface area contributed by atoms with Crippen molar-refractivity contribution in [3.63, 3.8) is 0 Å². The lowest BCUT2D eigenvalue weighted by Gasteiger charge is -2.04. The third kappa shape index (κ3) is 4.66. The molecule has 0 unspecified atom stereocenters. The Labute approximate surface area is 153 Å². The van der Waals surface area contributed by atoms with Gasteiger partial charge in [0.2, 0.25) is 0 Å². The van der Waals surface area contributed by atoms with Gasteiger partial charge >= 0.3 is 0 Å². The molecule has 0 saturated heterocycles. The number of pyridine rings is 1. The molecule has 0 fully saturated rings. The van der Waals surface area contributed by atoms with Gasteiger partial charge in [-0.05, 0) is 48.2 Å². The molecule has 126 valence electrons. The number of rotatable bonds is 2. The summed E-state index contributed by atoms with van der Waals surface area (Å²) in [5.41, 5.74) is 3.09. The summed E-state index contributed by atoms with van der Waals surface area (Å²) in [4.78, 5) is 4.48. The van der Waals surface area contributed by atoms with Crippen LogP contribution < -0.4 is 9.47 Å². The van der Waals surface area contributed by atoms with Crippen LogP contribution in [-0.4, -0.2) is 19.2 Å². The Bertz CT molecular complexity index is 996. The average Bonchev–Trinajstić information content (AvgIpc) is 2.71. The van der Waals surface area contributed by atoms with Gasteiger partial charge in [0.15, 0.2) is 0 Å². The van der Waals surface area contributed by atoms with Gasteiger partial charge in [0.05, 0.1) is 14.2 Å². The van der Waals surface area contributed by atoms with Crippen molar-refractivity contribution in [2.24, 2.45) is 0 Å². The zero-order chi connectivity index (χ0) is 18.2. The van der Waals surface area contributed by atoms with Crippen molar-refractivity contribution in [3.05, 3.63) is 89.2 Å². The van der Waals surface area contributed by atoms with Crippen LogP contribution in [0.4, 0.5) is 0 Å². The maximum atomic E-state index is 5.26. The number of hydrogen-bond donors (Lipinski definition) is 0. The first kappa shape index (κ1) is 17.1. The highest BCUT2D eigenvalue weighted by atomic mass is 16.5. The number of ether oxygens (including phenoxy) is 2. The summed E-state index contributed by atoms with van der Waals surface area (Å²) in [5.74, 6) is 13.7. The Hall–Kier alpha value is -3.69. The van der Waals surface area contributed by atoms with Crippen molar-refractivity contribution in [2.45, 2.75) is 0 Å². The van der Waals surface area contributed by atoms with Gasteiger partial charge in [-0.3, -0.25) is 0 Å². The second-order valence-electron chi connectivity index (χ2n) is 5.38. The Morgan fingerprint density at radius 2 is 1.19 bits per heavy atom. The van der Waals surface area contributed by atoms with Gasteiger partial charge in [-0.15, -0.1) is 0 Å². The van der Waals surface area contributed by atoms with E-state index in [0.29, 0.717) is 22.9 Å². The fourth-order valence-electron chi connectivity index (χ4n) is 2.25. The molecule has 3 nitrogen and oxygen atoms in total. The molecule has 0 radical (unpaired) electrons. The summed E-state index contributed by atoms with van der Waals surface area (Å²) in [6.45, 7) is 0. The fourth-order valence-corrected chi connectivity index (χ4v) is 2.25. The van der Waals surface area contributed by atoms with Crippen molar-refractivity contribution in [1.29, 1.82) is 0 Å². The topological polar surface area (TPSA) is 31.4 Å². The van der Waals surface area contributed by atoms with E-state index in [1.165, 1.54) is 0 Å². The Morgan fingerprint density at radius 1 is 0.615 bits per heavy atom. The van der Waals surface area contributed by atoms with Gasteiger partial charge in [-0.25, -0.2) is 4.98 Å². The second kappa shape index (κ2) is 8.42. The lowest BCUT2D eigenvalue weighted by atomic mass is 10.2. The molecule has 0 aliphatic carbocycles. The van der Waals surface area contributed by atoms with Crippen LogP contribution in [-0.2, 0) is 0 Å². The zero-order valence-corrected chi connectivity index (χ0v) is 14.6. The zero-order valence-electron chi connectivity index (χ0n) is 14.6. The number of benzene rings is 2. The van der Waals surface area contributed by atoms with Gasteiger partial charge < -0.3 is 9.47 Å². The molecule has 1 aromatic heterocycles. The maximum absolute atomic E-state index is 5.26.